The zero-order valence-corrected chi connectivity index (χ0v) is 8.19. The quantitative estimate of drug-likeness (QED) is 0.473. The minimum absolute atomic E-state index is 0.0203. The minimum atomic E-state index is -0.423. The second kappa shape index (κ2) is 5.68. The Kier molecular flexibility index (Phi) is 4.20. The zero-order valence-electron chi connectivity index (χ0n) is 8.19. The first kappa shape index (κ1) is 11.1. The molecule has 1 amide bonds. The van der Waals surface area contributed by atoms with E-state index >= 15 is 0 Å². The molecule has 0 bridgehead atoms. The van der Waals surface area contributed by atoms with Crippen LogP contribution in [-0.4, -0.2) is 46.2 Å². The third-order valence-corrected chi connectivity index (χ3v) is 1.62. The van der Waals surface area contributed by atoms with Crippen molar-refractivity contribution in [2.24, 2.45) is 0 Å². The van der Waals surface area contributed by atoms with Gasteiger partial charge in [-0.2, -0.15) is 5.21 Å². The Balaban J connectivity index is 2.16. The van der Waals surface area contributed by atoms with Crippen LogP contribution in [0.15, 0.2) is 0 Å². The number of methoxy groups -OCH3 is 1. The number of carbonyl (C=O) groups is 2. The number of H-pyrrole nitrogens is 1. The topological polar surface area (TPSA) is 110 Å². The van der Waals surface area contributed by atoms with E-state index in [1.54, 1.807) is 0 Å². The maximum atomic E-state index is 11.2. The summed E-state index contributed by atoms with van der Waals surface area (Å²) in [5.74, 6) is -0.745. The van der Waals surface area contributed by atoms with Crippen molar-refractivity contribution in [3.63, 3.8) is 0 Å². The number of hydrogen-bond acceptors (Lipinski definition) is 6. The maximum Gasteiger partial charge on any atom is 0.305 e. The highest BCUT2D eigenvalue weighted by Crippen LogP contribution is 1.90. The lowest BCUT2D eigenvalue weighted by Gasteiger charge is -2.00. The highest BCUT2D eigenvalue weighted by Gasteiger charge is 2.09. The fourth-order valence-corrected chi connectivity index (χ4v) is 0.874. The van der Waals surface area contributed by atoms with Crippen molar-refractivity contribution in [3.8, 4) is 0 Å². The van der Waals surface area contributed by atoms with E-state index in [1.165, 1.54) is 7.11 Å². The van der Waals surface area contributed by atoms with E-state index in [0.717, 1.165) is 0 Å². The summed E-state index contributed by atoms with van der Waals surface area (Å²) in [6, 6.07) is 0. The molecule has 82 valence electrons. The Morgan fingerprint density at radius 1 is 1.53 bits per heavy atom. The fourth-order valence-electron chi connectivity index (χ4n) is 0.874. The summed E-state index contributed by atoms with van der Waals surface area (Å²) in [5, 5.41) is 14.9. The summed E-state index contributed by atoms with van der Waals surface area (Å²) >= 11 is 0. The molecule has 0 aliphatic carbocycles. The van der Waals surface area contributed by atoms with Crippen molar-refractivity contribution in [2.45, 2.75) is 12.8 Å². The smallest absolute Gasteiger partial charge is 0.305 e. The van der Waals surface area contributed by atoms with Crippen LogP contribution >= 0.6 is 0 Å². The molecule has 1 heterocycles. The summed E-state index contributed by atoms with van der Waals surface area (Å²) in [5.41, 5.74) is 0. The number of ether oxygens (including phenoxy) is 1. The molecule has 0 saturated carbocycles. The number of nitrogens with zero attached hydrogens (tertiary/aromatic N) is 3. The van der Waals surface area contributed by atoms with Gasteiger partial charge in [-0.05, 0) is 11.6 Å². The molecule has 2 N–H and O–H groups in total. The number of nitrogens with one attached hydrogen (secondary N) is 2. The van der Waals surface area contributed by atoms with Gasteiger partial charge in [0.05, 0.1) is 7.11 Å². The van der Waals surface area contributed by atoms with Gasteiger partial charge in [0.2, 0.25) is 0 Å². The Bertz CT molecular complexity index is 323. The largest absolute Gasteiger partial charge is 0.469 e. The molecule has 1 aromatic rings. The van der Waals surface area contributed by atoms with Crippen molar-refractivity contribution in [3.05, 3.63) is 5.82 Å². The number of esters is 1. The summed E-state index contributed by atoms with van der Waals surface area (Å²) in [4.78, 5) is 21.9. The summed E-state index contributed by atoms with van der Waals surface area (Å²) in [6.07, 6.45) is 0.777. The Morgan fingerprint density at radius 3 is 2.93 bits per heavy atom. The van der Waals surface area contributed by atoms with Gasteiger partial charge in [0.1, 0.15) is 0 Å². The molecule has 0 aliphatic heterocycles. The number of carbonyl (C=O) groups excluding carboxylic acids is 2. The highest BCUT2D eigenvalue weighted by molar-refractivity contribution is 5.89. The number of rotatable bonds is 5. The van der Waals surface area contributed by atoms with E-state index in [2.05, 4.69) is 30.7 Å². The van der Waals surface area contributed by atoms with E-state index in [-0.39, 0.29) is 18.2 Å². The molecule has 1 aromatic heterocycles. The van der Waals surface area contributed by atoms with Crippen LogP contribution in [0.1, 0.15) is 23.5 Å². The van der Waals surface area contributed by atoms with E-state index in [4.69, 9.17) is 0 Å². The normalized spacial score (nSPS) is 9.67. The first-order chi connectivity index (χ1) is 7.24. The second-order valence-corrected chi connectivity index (χ2v) is 2.67. The molecular weight excluding hydrogens is 202 g/mol. The molecule has 0 unspecified atom stereocenters. The predicted molar refractivity (Wildman–Crippen MR) is 47.8 cm³/mol. The van der Waals surface area contributed by atoms with E-state index in [1.807, 2.05) is 0 Å². The molecule has 0 aliphatic rings. The van der Waals surface area contributed by atoms with Gasteiger partial charge >= 0.3 is 5.97 Å². The van der Waals surface area contributed by atoms with Crippen molar-refractivity contribution < 1.29 is 14.3 Å². The lowest BCUT2D eigenvalue weighted by Crippen LogP contribution is -2.26. The average Bonchev–Trinajstić information content (AvgIpc) is 2.77. The Morgan fingerprint density at radius 2 is 2.33 bits per heavy atom. The first-order valence-electron chi connectivity index (χ1n) is 4.32. The minimum Gasteiger partial charge on any atom is -0.469 e. The van der Waals surface area contributed by atoms with Gasteiger partial charge < -0.3 is 10.1 Å². The third-order valence-electron chi connectivity index (χ3n) is 1.62. The van der Waals surface area contributed by atoms with Gasteiger partial charge in [0, 0.05) is 13.0 Å². The lowest BCUT2D eigenvalue weighted by molar-refractivity contribution is -0.140. The van der Waals surface area contributed by atoms with Crippen molar-refractivity contribution in [1.82, 2.24) is 25.9 Å². The van der Waals surface area contributed by atoms with Crippen molar-refractivity contribution in [1.29, 1.82) is 0 Å². The molecule has 15 heavy (non-hydrogen) atoms. The highest BCUT2D eigenvalue weighted by atomic mass is 16.5. The molecule has 0 aromatic carbocycles. The number of aromatic nitrogens is 4. The SMILES string of the molecule is COC(=O)CCCNC(=O)c1nn[nH]n1. The molecule has 0 atom stereocenters. The molecule has 0 spiro atoms. The number of amides is 1. The zero-order chi connectivity index (χ0) is 11.1. The molecule has 8 heteroatoms. The van der Waals surface area contributed by atoms with Crippen LogP contribution in [0.25, 0.3) is 0 Å². The summed E-state index contributed by atoms with van der Waals surface area (Å²) < 4.78 is 4.44. The van der Waals surface area contributed by atoms with Crippen molar-refractivity contribution >= 4 is 11.9 Å². The standard InChI is InChI=1S/C7H11N5O3/c1-15-5(13)3-2-4-8-7(14)6-9-11-12-10-6/h2-4H2,1H3,(H,8,14)(H,9,10,11,12). The lowest BCUT2D eigenvalue weighted by atomic mass is 10.3. The van der Waals surface area contributed by atoms with Gasteiger partial charge in [0.25, 0.3) is 11.7 Å². The average molecular weight is 213 g/mol. The van der Waals surface area contributed by atoms with Crippen LogP contribution in [0.5, 0.6) is 0 Å². The number of aromatic amines is 1. The molecule has 0 saturated heterocycles. The summed E-state index contributed by atoms with van der Waals surface area (Å²) in [7, 11) is 1.32. The van der Waals surface area contributed by atoms with Crippen LogP contribution < -0.4 is 5.32 Å². The van der Waals surface area contributed by atoms with Gasteiger partial charge in [-0.1, -0.05) is 0 Å². The van der Waals surface area contributed by atoms with Crippen molar-refractivity contribution in [2.75, 3.05) is 13.7 Å². The van der Waals surface area contributed by atoms with Crippen LogP contribution in [-0.2, 0) is 9.53 Å². The Hall–Kier alpha value is -1.99. The fraction of sp³-hybridized carbons (Fsp3) is 0.571. The predicted octanol–water partition coefficient (Wildman–Crippen LogP) is -1.12. The maximum absolute atomic E-state index is 11.2. The van der Waals surface area contributed by atoms with Crippen LogP contribution in [0.2, 0.25) is 0 Å². The monoisotopic (exact) mass is 213 g/mol. The van der Waals surface area contributed by atoms with E-state index in [0.29, 0.717) is 13.0 Å². The molecular formula is C7H11N5O3. The second-order valence-electron chi connectivity index (χ2n) is 2.67. The number of hydrogen-bond donors (Lipinski definition) is 2. The van der Waals surface area contributed by atoms with Gasteiger partial charge in [-0.3, -0.25) is 9.59 Å². The number of tetrazole rings is 1. The molecule has 1 rings (SSSR count). The van der Waals surface area contributed by atoms with Crippen LogP contribution in [0.4, 0.5) is 0 Å². The van der Waals surface area contributed by atoms with E-state index in [9.17, 15) is 9.59 Å². The van der Waals surface area contributed by atoms with Crippen LogP contribution in [0, 0.1) is 0 Å². The van der Waals surface area contributed by atoms with Gasteiger partial charge in [0.15, 0.2) is 0 Å². The molecule has 0 radical (unpaired) electrons. The molecule has 8 nitrogen and oxygen atoms in total. The third kappa shape index (κ3) is 3.71. The van der Waals surface area contributed by atoms with Crippen LogP contribution in [0.3, 0.4) is 0 Å². The molecule has 0 fully saturated rings. The Labute approximate surface area is 85.4 Å². The van der Waals surface area contributed by atoms with Gasteiger partial charge in [-0.15, -0.1) is 10.2 Å². The summed E-state index contributed by atoms with van der Waals surface area (Å²) in [6.45, 7) is 0.364. The van der Waals surface area contributed by atoms with E-state index < -0.39 is 5.91 Å². The first-order valence-corrected chi connectivity index (χ1v) is 4.32. The van der Waals surface area contributed by atoms with Gasteiger partial charge in [-0.25, -0.2) is 0 Å².